The number of nitrogens with one attached hydrogen (secondary N) is 2. The molecule has 0 aliphatic rings. The number of aromatic nitrogens is 1. The minimum atomic E-state index is -0.487. The third-order valence-electron chi connectivity index (χ3n) is 6.71. The molecule has 43 heavy (non-hydrogen) atoms. The van der Waals surface area contributed by atoms with Gasteiger partial charge in [0.25, 0.3) is 5.91 Å². The predicted octanol–water partition coefficient (Wildman–Crippen LogP) is 6.54. The Bertz CT molecular complexity index is 1810. The molecule has 0 bridgehead atoms. The number of hydrogen-bond donors (Lipinski definition) is 2. The lowest BCUT2D eigenvalue weighted by Crippen LogP contribution is -2.19. The molecule has 0 atom stereocenters. The number of esters is 1. The summed E-state index contributed by atoms with van der Waals surface area (Å²) in [5.74, 6) is 0.883. The molecule has 5 aromatic rings. The number of methoxy groups -OCH3 is 2. The number of hydrogen-bond acceptors (Lipinski definition) is 7. The van der Waals surface area contributed by atoms with Gasteiger partial charge in [-0.3, -0.25) is 4.79 Å². The van der Waals surface area contributed by atoms with Crippen molar-refractivity contribution in [2.75, 3.05) is 20.8 Å². The standard InChI is InChI=1S/C34H31N3O6/c1-5-42-28-19-22(14-15-25(28)43-34(39)24-13-9-10-21(2)18-24)20-35-37-33(38)32-29(23-11-7-6-8-12-23)30-26(40-3)16-17-27(41-4)31(30)36-32/h6-20,36H,5H2,1-4H3,(H,37,38). The SMILES string of the molecule is CCOc1cc(C=NNC(=O)c2[nH]c3c(OC)ccc(OC)c3c2-c2ccccc2)ccc1OC(=O)c1cccc(C)c1. The van der Waals surface area contributed by atoms with Crippen molar-refractivity contribution in [1.82, 2.24) is 10.4 Å². The Balaban J connectivity index is 1.41. The number of aromatic amines is 1. The first-order chi connectivity index (χ1) is 20.9. The molecule has 0 radical (unpaired) electrons. The number of fused-ring (bicyclic) bond motifs is 1. The van der Waals surface area contributed by atoms with Crippen molar-refractivity contribution in [3.8, 4) is 34.1 Å². The summed E-state index contributed by atoms with van der Waals surface area (Å²) in [5.41, 5.74) is 7.05. The van der Waals surface area contributed by atoms with Gasteiger partial charge in [0.05, 0.1) is 43.5 Å². The average Bonchev–Trinajstić information content (AvgIpc) is 3.43. The molecular formula is C34H31N3O6. The van der Waals surface area contributed by atoms with Gasteiger partial charge < -0.3 is 23.9 Å². The number of nitrogens with zero attached hydrogens (tertiary/aromatic N) is 1. The Hall–Kier alpha value is -5.57. The van der Waals surface area contributed by atoms with E-state index in [0.717, 1.165) is 16.5 Å². The molecule has 0 saturated carbocycles. The van der Waals surface area contributed by atoms with Crippen LogP contribution in [0.4, 0.5) is 0 Å². The van der Waals surface area contributed by atoms with E-state index in [4.69, 9.17) is 18.9 Å². The summed E-state index contributed by atoms with van der Waals surface area (Å²) >= 11 is 0. The zero-order valence-electron chi connectivity index (χ0n) is 24.3. The Kier molecular flexibility index (Phi) is 8.71. The highest BCUT2D eigenvalue weighted by molar-refractivity contribution is 6.13. The van der Waals surface area contributed by atoms with E-state index >= 15 is 0 Å². The fourth-order valence-corrected chi connectivity index (χ4v) is 4.76. The predicted molar refractivity (Wildman–Crippen MR) is 166 cm³/mol. The van der Waals surface area contributed by atoms with Crippen LogP contribution in [-0.4, -0.2) is 43.9 Å². The van der Waals surface area contributed by atoms with E-state index in [0.29, 0.717) is 51.8 Å². The van der Waals surface area contributed by atoms with Gasteiger partial charge in [0.15, 0.2) is 11.5 Å². The molecule has 4 aromatic carbocycles. The van der Waals surface area contributed by atoms with E-state index in [2.05, 4.69) is 15.5 Å². The number of benzene rings is 4. The van der Waals surface area contributed by atoms with Crippen molar-refractivity contribution in [2.45, 2.75) is 13.8 Å². The summed E-state index contributed by atoms with van der Waals surface area (Å²) in [5, 5.41) is 4.91. The Morgan fingerprint density at radius 1 is 0.860 bits per heavy atom. The number of hydrazone groups is 1. The van der Waals surface area contributed by atoms with Gasteiger partial charge in [-0.25, -0.2) is 10.2 Å². The van der Waals surface area contributed by atoms with Gasteiger partial charge in [-0.15, -0.1) is 0 Å². The smallest absolute Gasteiger partial charge is 0.343 e. The third-order valence-corrected chi connectivity index (χ3v) is 6.71. The Labute approximate surface area is 249 Å². The van der Waals surface area contributed by atoms with E-state index in [9.17, 15) is 9.59 Å². The average molecular weight is 578 g/mol. The normalized spacial score (nSPS) is 11.0. The molecule has 9 nitrogen and oxygen atoms in total. The summed E-state index contributed by atoms with van der Waals surface area (Å²) < 4.78 is 22.5. The molecule has 1 amide bonds. The lowest BCUT2D eigenvalue weighted by atomic mass is 10.0. The van der Waals surface area contributed by atoms with Crippen LogP contribution in [0.5, 0.6) is 23.0 Å². The summed E-state index contributed by atoms with van der Waals surface area (Å²) in [7, 11) is 3.15. The summed E-state index contributed by atoms with van der Waals surface area (Å²) in [6.45, 7) is 4.10. The third kappa shape index (κ3) is 6.20. The van der Waals surface area contributed by atoms with Crippen LogP contribution in [0.25, 0.3) is 22.0 Å². The Morgan fingerprint density at radius 3 is 2.33 bits per heavy atom. The maximum Gasteiger partial charge on any atom is 0.343 e. The second-order valence-corrected chi connectivity index (χ2v) is 9.56. The number of H-pyrrole nitrogens is 1. The highest BCUT2D eigenvalue weighted by Crippen LogP contribution is 2.42. The number of ether oxygens (including phenoxy) is 4. The highest BCUT2D eigenvalue weighted by atomic mass is 16.6. The van der Waals surface area contributed by atoms with Crippen LogP contribution >= 0.6 is 0 Å². The fourth-order valence-electron chi connectivity index (χ4n) is 4.76. The van der Waals surface area contributed by atoms with Crippen LogP contribution in [0, 0.1) is 6.92 Å². The zero-order chi connectivity index (χ0) is 30.3. The topological polar surface area (TPSA) is 111 Å². The van der Waals surface area contributed by atoms with Crippen LogP contribution in [-0.2, 0) is 0 Å². The van der Waals surface area contributed by atoms with Crippen molar-refractivity contribution < 1.29 is 28.5 Å². The minimum Gasteiger partial charge on any atom is -0.496 e. The largest absolute Gasteiger partial charge is 0.496 e. The van der Waals surface area contributed by atoms with E-state index < -0.39 is 11.9 Å². The van der Waals surface area contributed by atoms with Gasteiger partial charge in [-0.2, -0.15) is 5.10 Å². The highest BCUT2D eigenvalue weighted by Gasteiger charge is 2.24. The second kappa shape index (κ2) is 12.9. The number of carbonyl (C=O) groups excluding carboxylic acids is 2. The number of rotatable bonds is 10. The molecule has 0 spiro atoms. The maximum absolute atomic E-state index is 13.5. The van der Waals surface area contributed by atoms with Crippen LogP contribution in [0.1, 0.15) is 38.9 Å². The zero-order valence-corrected chi connectivity index (χ0v) is 24.3. The molecule has 1 aromatic heterocycles. The number of carbonyl (C=O) groups is 2. The van der Waals surface area contributed by atoms with Crippen molar-refractivity contribution in [1.29, 1.82) is 0 Å². The van der Waals surface area contributed by atoms with Crippen molar-refractivity contribution in [2.24, 2.45) is 5.10 Å². The van der Waals surface area contributed by atoms with Crippen LogP contribution in [0.2, 0.25) is 0 Å². The van der Waals surface area contributed by atoms with Crippen LogP contribution in [0.15, 0.2) is 90.0 Å². The summed E-state index contributed by atoms with van der Waals surface area (Å²) in [4.78, 5) is 29.4. The van der Waals surface area contributed by atoms with E-state index in [1.807, 2.05) is 50.2 Å². The lowest BCUT2D eigenvalue weighted by molar-refractivity contribution is 0.0728. The maximum atomic E-state index is 13.5. The first-order valence-electron chi connectivity index (χ1n) is 13.6. The van der Waals surface area contributed by atoms with Gasteiger partial charge in [0, 0.05) is 5.56 Å². The molecule has 9 heteroatoms. The van der Waals surface area contributed by atoms with Crippen molar-refractivity contribution in [3.05, 3.63) is 107 Å². The first kappa shape index (κ1) is 28.9. The summed E-state index contributed by atoms with van der Waals surface area (Å²) in [6, 6.07) is 25.3. The van der Waals surface area contributed by atoms with Crippen molar-refractivity contribution in [3.63, 3.8) is 0 Å². The van der Waals surface area contributed by atoms with E-state index in [1.54, 1.807) is 62.8 Å². The van der Waals surface area contributed by atoms with Gasteiger partial charge in [0.2, 0.25) is 0 Å². The van der Waals surface area contributed by atoms with Crippen LogP contribution < -0.4 is 24.4 Å². The van der Waals surface area contributed by atoms with Gasteiger partial charge >= 0.3 is 5.97 Å². The minimum absolute atomic E-state index is 0.281. The molecule has 0 fully saturated rings. The van der Waals surface area contributed by atoms with Gasteiger partial charge in [0.1, 0.15) is 17.2 Å². The van der Waals surface area contributed by atoms with Crippen LogP contribution in [0.3, 0.4) is 0 Å². The fraction of sp³-hybridized carbons (Fsp3) is 0.147. The molecule has 0 aliphatic heterocycles. The molecule has 1 heterocycles. The molecule has 2 N–H and O–H groups in total. The Morgan fingerprint density at radius 2 is 1.60 bits per heavy atom. The molecule has 0 aliphatic carbocycles. The summed E-state index contributed by atoms with van der Waals surface area (Å²) in [6.07, 6.45) is 1.48. The molecule has 0 unspecified atom stereocenters. The monoisotopic (exact) mass is 577 g/mol. The molecule has 5 rings (SSSR count). The van der Waals surface area contributed by atoms with E-state index in [1.165, 1.54) is 6.21 Å². The number of aryl methyl sites for hydroxylation is 1. The molecule has 218 valence electrons. The second-order valence-electron chi connectivity index (χ2n) is 9.56. The van der Waals surface area contributed by atoms with Gasteiger partial charge in [-0.1, -0.05) is 48.0 Å². The molecular weight excluding hydrogens is 546 g/mol. The number of amides is 1. The van der Waals surface area contributed by atoms with Crippen molar-refractivity contribution >= 4 is 29.0 Å². The quantitative estimate of drug-likeness (QED) is 0.0844. The van der Waals surface area contributed by atoms with E-state index in [-0.39, 0.29) is 5.75 Å². The van der Waals surface area contributed by atoms with Gasteiger partial charge in [-0.05, 0) is 67.4 Å². The molecule has 0 saturated heterocycles. The first-order valence-corrected chi connectivity index (χ1v) is 13.6. The lowest BCUT2D eigenvalue weighted by Gasteiger charge is -2.11.